The molecule has 0 aromatic heterocycles. The molecule has 0 aliphatic heterocycles. The Balaban J connectivity index is 2.00. The van der Waals surface area contributed by atoms with Crippen molar-refractivity contribution in [2.75, 3.05) is 11.6 Å². The van der Waals surface area contributed by atoms with Gasteiger partial charge in [-0.25, -0.2) is 8.42 Å². The summed E-state index contributed by atoms with van der Waals surface area (Å²) < 4.78 is 22.9. The van der Waals surface area contributed by atoms with Gasteiger partial charge in [-0.3, -0.25) is 0 Å². The maximum atomic E-state index is 11.4. The molecule has 4 heteroatoms. The van der Waals surface area contributed by atoms with E-state index in [9.17, 15) is 8.42 Å². The minimum absolute atomic E-state index is 0.380. The lowest BCUT2D eigenvalue weighted by Crippen LogP contribution is -2.19. The zero-order chi connectivity index (χ0) is 14.8. The van der Waals surface area contributed by atoms with Crippen LogP contribution in [0.5, 0.6) is 0 Å². The van der Waals surface area contributed by atoms with Gasteiger partial charge in [0.15, 0.2) is 9.84 Å². The van der Waals surface area contributed by atoms with Gasteiger partial charge < -0.3 is 5.32 Å². The molecule has 1 aromatic rings. The minimum Gasteiger partial charge on any atom is -0.382 e. The smallest absolute Gasteiger partial charge is 0.175 e. The largest absolute Gasteiger partial charge is 0.382 e. The predicted molar refractivity (Wildman–Crippen MR) is 83.8 cm³/mol. The fourth-order valence-electron chi connectivity index (χ4n) is 2.84. The van der Waals surface area contributed by atoms with E-state index >= 15 is 0 Å². The monoisotopic (exact) mass is 295 g/mol. The number of anilines is 1. The number of nitrogens with one attached hydrogen (secondary N) is 1. The van der Waals surface area contributed by atoms with Gasteiger partial charge in [-0.15, -0.1) is 0 Å². The van der Waals surface area contributed by atoms with Gasteiger partial charge >= 0.3 is 0 Å². The van der Waals surface area contributed by atoms with Crippen LogP contribution in [0.4, 0.5) is 5.69 Å². The number of benzene rings is 1. The van der Waals surface area contributed by atoms with Crippen molar-refractivity contribution >= 4 is 15.5 Å². The Bertz CT molecular complexity index is 546. The molecule has 1 atom stereocenters. The van der Waals surface area contributed by atoms with E-state index in [0.29, 0.717) is 16.4 Å². The van der Waals surface area contributed by atoms with Crippen LogP contribution in [-0.4, -0.2) is 20.7 Å². The minimum atomic E-state index is -3.10. The average molecular weight is 295 g/mol. The molecular weight excluding hydrogens is 270 g/mol. The third kappa shape index (κ3) is 4.23. The Morgan fingerprint density at radius 2 is 1.75 bits per heavy atom. The Hall–Kier alpha value is -1.03. The highest BCUT2D eigenvalue weighted by molar-refractivity contribution is 7.90. The summed E-state index contributed by atoms with van der Waals surface area (Å²) in [6.07, 6.45) is 7.40. The van der Waals surface area contributed by atoms with Crippen molar-refractivity contribution in [3.63, 3.8) is 0 Å². The molecule has 1 unspecified atom stereocenters. The number of rotatable bonds is 3. The van der Waals surface area contributed by atoms with Gasteiger partial charge in [0, 0.05) is 18.0 Å². The Morgan fingerprint density at radius 1 is 1.10 bits per heavy atom. The summed E-state index contributed by atoms with van der Waals surface area (Å²) in [6.45, 7) is 4.69. The molecule has 0 bridgehead atoms. The van der Waals surface area contributed by atoms with Gasteiger partial charge in [-0.2, -0.15) is 0 Å². The first-order chi connectivity index (χ1) is 9.26. The van der Waals surface area contributed by atoms with Crippen LogP contribution in [0.15, 0.2) is 29.2 Å². The number of hydrogen-bond acceptors (Lipinski definition) is 3. The molecule has 1 aromatic carbocycles. The summed E-state index contributed by atoms with van der Waals surface area (Å²) in [4.78, 5) is 0.380. The topological polar surface area (TPSA) is 46.2 Å². The Labute approximate surface area is 122 Å². The van der Waals surface area contributed by atoms with E-state index in [2.05, 4.69) is 19.2 Å². The van der Waals surface area contributed by atoms with E-state index in [1.807, 2.05) is 12.1 Å². The molecule has 0 radical (unpaired) electrons. The lowest BCUT2D eigenvalue weighted by Gasteiger charge is -2.22. The predicted octanol–water partition coefficient (Wildman–Crippen LogP) is 3.86. The van der Waals surface area contributed by atoms with Gasteiger partial charge in [0.2, 0.25) is 0 Å². The molecule has 2 rings (SSSR count). The average Bonchev–Trinajstić information content (AvgIpc) is 2.51. The third-order valence-corrected chi connectivity index (χ3v) is 5.36. The number of sulfone groups is 1. The third-order valence-electron chi connectivity index (χ3n) is 4.23. The van der Waals surface area contributed by atoms with Crippen LogP contribution in [0.2, 0.25) is 0 Å². The summed E-state index contributed by atoms with van der Waals surface area (Å²) in [5.41, 5.74) is 1.47. The first-order valence-electron chi connectivity index (χ1n) is 7.33. The summed E-state index contributed by atoms with van der Waals surface area (Å²) in [5.74, 6) is 0. The zero-order valence-corrected chi connectivity index (χ0v) is 13.5. The molecule has 0 heterocycles. The Kier molecular flexibility index (Phi) is 4.43. The fourth-order valence-corrected chi connectivity index (χ4v) is 3.47. The summed E-state index contributed by atoms with van der Waals surface area (Å²) >= 11 is 0. The van der Waals surface area contributed by atoms with Gasteiger partial charge in [0.05, 0.1) is 4.90 Å². The molecule has 1 saturated carbocycles. The first kappa shape index (κ1) is 15.4. The second-order valence-corrected chi connectivity index (χ2v) is 8.75. The van der Waals surface area contributed by atoms with Gasteiger partial charge in [0.25, 0.3) is 0 Å². The van der Waals surface area contributed by atoms with Crippen LogP contribution >= 0.6 is 0 Å². The second kappa shape index (κ2) is 5.76. The number of hydrogen-bond donors (Lipinski definition) is 1. The quantitative estimate of drug-likeness (QED) is 0.861. The standard InChI is InChI=1S/C16H25NO2S/c1-16(2)11-4-5-13(10-12-16)17-14-6-8-15(9-7-14)20(3,18)19/h6-9,13,17H,4-5,10-12H2,1-3H3. The Morgan fingerprint density at radius 3 is 2.35 bits per heavy atom. The molecule has 0 spiro atoms. The zero-order valence-electron chi connectivity index (χ0n) is 12.6. The van der Waals surface area contributed by atoms with Crippen molar-refractivity contribution in [3.05, 3.63) is 24.3 Å². The van der Waals surface area contributed by atoms with Crippen molar-refractivity contribution in [1.82, 2.24) is 0 Å². The molecule has 1 aliphatic rings. The lowest BCUT2D eigenvalue weighted by molar-refractivity contribution is 0.313. The van der Waals surface area contributed by atoms with Gasteiger partial charge in [-0.05, 0) is 55.4 Å². The maximum Gasteiger partial charge on any atom is 0.175 e. The highest BCUT2D eigenvalue weighted by atomic mass is 32.2. The maximum absolute atomic E-state index is 11.4. The van der Waals surface area contributed by atoms with E-state index in [1.165, 1.54) is 38.4 Å². The molecule has 112 valence electrons. The van der Waals surface area contributed by atoms with E-state index in [1.54, 1.807) is 12.1 Å². The molecule has 1 fully saturated rings. The van der Waals surface area contributed by atoms with Crippen LogP contribution in [0.1, 0.15) is 46.0 Å². The van der Waals surface area contributed by atoms with E-state index in [4.69, 9.17) is 0 Å². The van der Waals surface area contributed by atoms with E-state index in [-0.39, 0.29) is 0 Å². The molecule has 0 saturated heterocycles. The highest BCUT2D eigenvalue weighted by Crippen LogP contribution is 2.34. The normalized spacial score (nSPS) is 23.1. The van der Waals surface area contributed by atoms with Crippen LogP contribution in [0.25, 0.3) is 0 Å². The second-order valence-electron chi connectivity index (χ2n) is 6.73. The van der Waals surface area contributed by atoms with Crippen molar-refractivity contribution in [1.29, 1.82) is 0 Å². The summed E-state index contributed by atoms with van der Waals surface area (Å²) in [5, 5.41) is 3.54. The van der Waals surface area contributed by atoms with Crippen molar-refractivity contribution < 1.29 is 8.42 Å². The SMILES string of the molecule is CC1(C)CCCC(Nc2ccc(S(C)(=O)=O)cc2)CC1. The van der Waals surface area contributed by atoms with Gasteiger partial charge in [0.1, 0.15) is 0 Å². The van der Waals surface area contributed by atoms with Gasteiger partial charge in [-0.1, -0.05) is 20.3 Å². The summed E-state index contributed by atoms with van der Waals surface area (Å²) in [6, 6.07) is 7.59. The van der Waals surface area contributed by atoms with Crippen LogP contribution in [-0.2, 0) is 9.84 Å². The van der Waals surface area contributed by atoms with Crippen molar-refractivity contribution in [2.45, 2.75) is 56.9 Å². The molecular formula is C16H25NO2S. The first-order valence-corrected chi connectivity index (χ1v) is 9.22. The van der Waals surface area contributed by atoms with Crippen molar-refractivity contribution in [2.24, 2.45) is 5.41 Å². The molecule has 3 nitrogen and oxygen atoms in total. The summed E-state index contributed by atoms with van der Waals surface area (Å²) in [7, 11) is -3.10. The molecule has 20 heavy (non-hydrogen) atoms. The highest BCUT2D eigenvalue weighted by Gasteiger charge is 2.24. The van der Waals surface area contributed by atoms with E-state index in [0.717, 1.165) is 5.69 Å². The molecule has 0 amide bonds. The fraction of sp³-hybridized carbons (Fsp3) is 0.625. The van der Waals surface area contributed by atoms with E-state index < -0.39 is 9.84 Å². The van der Waals surface area contributed by atoms with Crippen LogP contribution in [0, 0.1) is 5.41 Å². The van der Waals surface area contributed by atoms with Crippen LogP contribution in [0.3, 0.4) is 0 Å². The lowest BCUT2D eigenvalue weighted by atomic mass is 9.85. The molecule has 1 N–H and O–H groups in total. The molecule has 1 aliphatic carbocycles. The van der Waals surface area contributed by atoms with Crippen LogP contribution < -0.4 is 5.32 Å². The van der Waals surface area contributed by atoms with Crippen molar-refractivity contribution in [3.8, 4) is 0 Å².